The van der Waals surface area contributed by atoms with Crippen molar-refractivity contribution in [2.45, 2.75) is 38.6 Å². The van der Waals surface area contributed by atoms with Crippen LogP contribution >= 0.6 is 0 Å². The predicted octanol–water partition coefficient (Wildman–Crippen LogP) is 2.17. The molecule has 0 N–H and O–H groups in total. The van der Waals surface area contributed by atoms with Crippen LogP contribution in [0.3, 0.4) is 0 Å². The van der Waals surface area contributed by atoms with Gasteiger partial charge in [-0.3, -0.25) is 4.79 Å². The highest BCUT2D eigenvalue weighted by Crippen LogP contribution is 2.32. The monoisotopic (exact) mass is 306 g/mol. The van der Waals surface area contributed by atoms with Gasteiger partial charge >= 0.3 is 0 Å². The molecule has 0 bridgehead atoms. The summed E-state index contributed by atoms with van der Waals surface area (Å²) in [5.74, 6) is 1.47. The zero-order valence-electron chi connectivity index (χ0n) is 12.8. The van der Waals surface area contributed by atoms with Crippen molar-refractivity contribution in [2.75, 3.05) is 13.7 Å². The second kappa shape index (κ2) is 5.78. The van der Waals surface area contributed by atoms with E-state index in [1.165, 1.54) is 13.2 Å². The summed E-state index contributed by atoms with van der Waals surface area (Å²) in [6.07, 6.45) is 1.68. The molecule has 3 rings (SSSR count). The number of likely N-dealkylation sites (tertiary alicyclic amines) is 1. The summed E-state index contributed by atoms with van der Waals surface area (Å²) in [6.45, 7) is 4.59. The van der Waals surface area contributed by atoms with E-state index in [-0.39, 0.29) is 29.5 Å². The molecule has 1 fully saturated rings. The number of hydrogen-bond donors (Lipinski definition) is 0. The van der Waals surface area contributed by atoms with Gasteiger partial charge < -0.3 is 18.7 Å². The number of ether oxygens (including phenoxy) is 1. The summed E-state index contributed by atoms with van der Waals surface area (Å²) < 4.78 is 15.2. The fourth-order valence-corrected chi connectivity index (χ4v) is 2.49. The van der Waals surface area contributed by atoms with Gasteiger partial charge in [0.2, 0.25) is 11.7 Å². The fourth-order valence-electron chi connectivity index (χ4n) is 2.49. The third-order valence-electron chi connectivity index (χ3n) is 3.67. The molecule has 3 heterocycles. The Balaban J connectivity index is 1.81. The molecule has 1 saturated heterocycles. The molecule has 22 heavy (non-hydrogen) atoms. The number of hydrogen-bond acceptors (Lipinski definition) is 7. The van der Waals surface area contributed by atoms with E-state index in [0.29, 0.717) is 18.3 Å². The fraction of sp³-hybridized carbons (Fsp3) is 0.571. The first-order valence-electron chi connectivity index (χ1n) is 7.25. The molecule has 1 atom stereocenters. The number of methoxy groups -OCH3 is 1. The zero-order valence-corrected chi connectivity index (χ0v) is 12.8. The number of rotatable bonds is 4. The maximum absolute atomic E-state index is 12.6. The lowest BCUT2D eigenvalue weighted by Gasteiger charge is -2.20. The highest BCUT2D eigenvalue weighted by atomic mass is 16.5. The summed E-state index contributed by atoms with van der Waals surface area (Å²) in [6, 6.07) is 1.29. The van der Waals surface area contributed by atoms with Gasteiger partial charge in [-0.1, -0.05) is 19.0 Å². The first kappa shape index (κ1) is 14.6. The molecule has 2 aromatic heterocycles. The topological polar surface area (TPSA) is 94.5 Å². The molecule has 1 amide bonds. The first-order chi connectivity index (χ1) is 10.6. The van der Waals surface area contributed by atoms with Crippen molar-refractivity contribution in [3.63, 3.8) is 0 Å². The van der Waals surface area contributed by atoms with Crippen LogP contribution in [0, 0.1) is 0 Å². The second-order valence-corrected chi connectivity index (χ2v) is 5.54. The molecular formula is C14H18N4O4. The molecule has 1 unspecified atom stereocenters. The van der Waals surface area contributed by atoms with Crippen molar-refractivity contribution >= 4 is 5.91 Å². The van der Waals surface area contributed by atoms with Crippen LogP contribution in [0.2, 0.25) is 0 Å². The first-order valence-corrected chi connectivity index (χ1v) is 7.25. The highest BCUT2D eigenvalue weighted by molar-refractivity contribution is 5.92. The molecule has 8 heteroatoms. The van der Waals surface area contributed by atoms with Gasteiger partial charge in [0.25, 0.3) is 11.8 Å². The van der Waals surface area contributed by atoms with E-state index in [1.807, 2.05) is 13.8 Å². The summed E-state index contributed by atoms with van der Waals surface area (Å²) in [7, 11) is 1.47. The molecule has 1 aliphatic heterocycles. The van der Waals surface area contributed by atoms with Crippen LogP contribution in [0.5, 0.6) is 5.88 Å². The van der Waals surface area contributed by atoms with Crippen molar-refractivity contribution in [3.05, 3.63) is 23.5 Å². The van der Waals surface area contributed by atoms with Crippen molar-refractivity contribution in [3.8, 4) is 5.88 Å². The third kappa shape index (κ3) is 2.56. The lowest BCUT2D eigenvalue weighted by molar-refractivity contribution is 0.0685. The van der Waals surface area contributed by atoms with Crippen molar-refractivity contribution in [2.24, 2.45) is 0 Å². The molecule has 1 aliphatic rings. The van der Waals surface area contributed by atoms with E-state index < -0.39 is 0 Å². The lowest BCUT2D eigenvalue weighted by Crippen LogP contribution is -2.30. The summed E-state index contributed by atoms with van der Waals surface area (Å²) in [4.78, 5) is 18.6. The molecule has 0 spiro atoms. The maximum atomic E-state index is 12.6. The molecule has 0 saturated carbocycles. The standard InChI is InChI=1S/C14H18N4O4/c1-8(2)13-15-12(17-22-13)9-5-4-6-18(9)14(19)10-7-11(20-3)16-21-10/h7-9H,4-6H2,1-3H3. The van der Waals surface area contributed by atoms with Gasteiger partial charge in [-0.2, -0.15) is 4.98 Å². The summed E-state index contributed by atoms with van der Waals surface area (Å²) in [5.41, 5.74) is 0. The van der Waals surface area contributed by atoms with Gasteiger partial charge in [0.15, 0.2) is 5.82 Å². The lowest BCUT2D eigenvalue weighted by atomic mass is 10.2. The Hall–Kier alpha value is -2.38. The smallest absolute Gasteiger partial charge is 0.293 e. The Kier molecular flexibility index (Phi) is 3.82. The number of nitrogens with zero attached hydrogens (tertiary/aromatic N) is 4. The number of carbonyl (C=O) groups is 1. The van der Waals surface area contributed by atoms with E-state index in [0.717, 1.165) is 12.8 Å². The normalized spacial score (nSPS) is 18.2. The minimum atomic E-state index is -0.241. The largest absolute Gasteiger partial charge is 0.479 e. The third-order valence-corrected chi connectivity index (χ3v) is 3.67. The quantitative estimate of drug-likeness (QED) is 0.854. The van der Waals surface area contributed by atoms with E-state index >= 15 is 0 Å². The van der Waals surface area contributed by atoms with Crippen LogP contribution < -0.4 is 4.74 Å². The van der Waals surface area contributed by atoms with Gasteiger partial charge in [0, 0.05) is 12.5 Å². The van der Waals surface area contributed by atoms with Crippen molar-refractivity contribution in [1.82, 2.24) is 20.2 Å². The zero-order chi connectivity index (χ0) is 15.7. The van der Waals surface area contributed by atoms with Crippen LogP contribution in [0.15, 0.2) is 15.1 Å². The Morgan fingerprint density at radius 2 is 2.23 bits per heavy atom. The molecule has 8 nitrogen and oxygen atoms in total. The predicted molar refractivity (Wildman–Crippen MR) is 74.5 cm³/mol. The average Bonchev–Trinajstić information content (AvgIpc) is 3.24. The van der Waals surface area contributed by atoms with E-state index in [1.54, 1.807) is 4.90 Å². The van der Waals surface area contributed by atoms with Crippen molar-refractivity contribution in [1.29, 1.82) is 0 Å². The van der Waals surface area contributed by atoms with Gasteiger partial charge in [-0.25, -0.2) is 0 Å². The van der Waals surface area contributed by atoms with Crippen LogP contribution in [0.1, 0.15) is 60.9 Å². The molecule has 0 radical (unpaired) electrons. The van der Waals surface area contributed by atoms with Crippen LogP contribution in [0.4, 0.5) is 0 Å². The number of amides is 1. The maximum Gasteiger partial charge on any atom is 0.293 e. The Morgan fingerprint density at radius 1 is 1.41 bits per heavy atom. The van der Waals surface area contributed by atoms with Crippen LogP contribution in [-0.4, -0.2) is 39.8 Å². The molecule has 0 aromatic carbocycles. The number of carbonyl (C=O) groups excluding carboxylic acids is 1. The Labute approximate surface area is 127 Å². The minimum Gasteiger partial charge on any atom is -0.479 e. The summed E-state index contributed by atoms with van der Waals surface area (Å²) >= 11 is 0. The van der Waals surface area contributed by atoms with E-state index in [9.17, 15) is 4.79 Å². The average molecular weight is 306 g/mol. The molecule has 0 aliphatic carbocycles. The minimum absolute atomic E-state index is 0.149. The van der Waals surface area contributed by atoms with Crippen molar-refractivity contribution < 1.29 is 18.6 Å². The highest BCUT2D eigenvalue weighted by Gasteiger charge is 2.35. The van der Waals surface area contributed by atoms with Gasteiger partial charge in [-0.15, -0.1) is 0 Å². The Bertz CT molecular complexity index is 663. The van der Waals surface area contributed by atoms with E-state index in [2.05, 4.69) is 15.3 Å². The second-order valence-electron chi connectivity index (χ2n) is 5.54. The van der Waals surface area contributed by atoms with Crippen LogP contribution in [-0.2, 0) is 0 Å². The number of aromatic nitrogens is 3. The molecular weight excluding hydrogens is 288 g/mol. The Morgan fingerprint density at radius 3 is 2.86 bits per heavy atom. The SMILES string of the molecule is COc1cc(C(=O)N2CCCC2c2noc(C(C)C)n2)on1. The van der Waals surface area contributed by atoms with Crippen LogP contribution in [0.25, 0.3) is 0 Å². The molecule has 2 aromatic rings. The van der Waals surface area contributed by atoms with Gasteiger partial charge in [0.1, 0.15) is 0 Å². The molecule has 118 valence electrons. The van der Waals surface area contributed by atoms with Gasteiger partial charge in [0.05, 0.1) is 19.2 Å². The summed E-state index contributed by atoms with van der Waals surface area (Å²) in [5, 5.41) is 7.67. The van der Waals surface area contributed by atoms with E-state index in [4.69, 9.17) is 13.8 Å². The van der Waals surface area contributed by atoms with Gasteiger partial charge in [-0.05, 0) is 18.0 Å².